The van der Waals surface area contributed by atoms with E-state index in [9.17, 15) is 0 Å². The van der Waals surface area contributed by atoms with E-state index in [0.29, 0.717) is 17.5 Å². The summed E-state index contributed by atoms with van der Waals surface area (Å²) in [5.41, 5.74) is 9.03. The molecular weight excluding hydrogens is 574 g/mol. The van der Waals surface area contributed by atoms with Crippen molar-refractivity contribution in [3.63, 3.8) is 0 Å². The molecular formula is C43H29N3O. The zero-order valence-corrected chi connectivity index (χ0v) is 25.6. The molecule has 2 aromatic heterocycles. The molecule has 6 aromatic carbocycles. The van der Waals surface area contributed by atoms with Gasteiger partial charge in [-0.05, 0) is 70.1 Å². The first-order valence-electron chi connectivity index (χ1n) is 16.0. The van der Waals surface area contributed by atoms with Gasteiger partial charge in [0.15, 0.2) is 17.5 Å². The van der Waals surface area contributed by atoms with Crippen molar-refractivity contribution in [1.82, 2.24) is 15.0 Å². The number of hydrogen-bond donors (Lipinski definition) is 0. The van der Waals surface area contributed by atoms with E-state index in [1.807, 2.05) is 42.5 Å². The van der Waals surface area contributed by atoms with Gasteiger partial charge < -0.3 is 4.42 Å². The van der Waals surface area contributed by atoms with Crippen molar-refractivity contribution >= 4 is 38.3 Å². The summed E-state index contributed by atoms with van der Waals surface area (Å²) in [7, 11) is 0. The van der Waals surface area contributed by atoms with Gasteiger partial charge in [-0.15, -0.1) is 0 Å². The number of benzene rings is 6. The van der Waals surface area contributed by atoms with Gasteiger partial charge in [0.2, 0.25) is 0 Å². The molecule has 0 radical (unpaired) electrons. The van der Waals surface area contributed by atoms with Crippen LogP contribution in [0.25, 0.3) is 83.6 Å². The Morgan fingerprint density at radius 1 is 0.468 bits per heavy atom. The van der Waals surface area contributed by atoms with Crippen LogP contribution in [0.1, 0.15) is 18.4 Å². The first kappa shape index (κ1) is 27.2. The molecule has 1 aliphatic carbocycles. The third-order valence-electron chi connectivity index (χ3n) is 8.94. The maximum Gasteiger partial charge on any atom is 0.164 e. The summed E-state index contributed by atoms with van der Waals surface area (Å²) in [6, 6.07) is 46.2. The molecule has 0 spiro atoms. The predicted octanol–water partition coefficient (Wildman–Crippen LogP) is 11.3. The van der Waals surface area contributed by atoms with E-state index < -0.39 is 0 Å². The Bertz CT molecular complexity index is 2510. The Balaban J connectivity index is 1.25. The summed E-state index contributed by atoms with van der Waals surface area (Å²) < 4.78 is 6.48. The quantitative estimate of drug-likeness (QED) is 0.196. The molecule has 0 fully saturated rings. The van der Waals surface area contributed by atoms with Crippen molar-refractivity contribution in [3.8, 4) is 45.3 Å². The summed E-state index contributed by atoms with van der Waals surface area (Å²) >= 11 is 0. The number of fused-ring (bicyclic) bond motifs is 4. The van der Waals surface area contributed by atoms with Gasteiger partial charge in [0.1, 0.15) is 11.2 Å². The topological polar surface area (TPSA) is 51.8 Å². The standard InChI is InChI=1S/C43H29N3O/c1-3-11-28(12-4-1)30-19-22-32(23-20-30)42-44-41(31-14-5-2-6-15-31)45-43(46-42)35-26-37(34-24-21-29-13-7-8-16-33(29)25-34)40-36-17-9-10-18-38(36)47-39(40)27-35/h2-3,5-27H,1,4H2. The highest BCUT2D eigenvalue weighted by atomic mass is 16.3. The highest BCUT2D eigenvalue weighted by molar-refractivity contribution is 6.14. The largest absolute Gasteiger partial charge is 0.456 e. The monoisotopic (exact) mass is 603 g/mol. The molecule has 1 aliphatic rings. The van der Waals surface area contributed by atoms with Crippen molar-refractivity contribution in [3.05, 3.63) is 157 Å². The molecule has 0 bridgehead atoms. The maximum atomic E-state index is 6.48. The minimum absolute atomic E-state index is 0.597. The SMILES string of the molecule is C1=CC(c2ccc(-c3nc(-c4ccccc4)nc(-c4cc(-c5ccc6ccccc6c5)c5c(c4)oc4ccccc45)n3)cc2)=CCC1. The van der Waals surface area contributed by atoms with Crippen molar-refractivity contribution in [2.75, 3.05) is 0 Å². The Morgan fingerprint density at radius 3 is 1.91 bits per heavy atom. The van der Waals surface area contributed by atoms with Gasteiger partial charge in [0, 0.05) is 27.5 Å². The van der Waals surface area contributed by atoms with Gasteiger partial charge in [0.05, 0.1) is 0 Å². The summed E-state index contributed by atoms with van der Waals surface area (Å²) in [6.07, 6.45) is 8.90. The first-order valence-corrected chi connectivity index (χ1v) is 16.0. The van der Waals surface area contributed by atoms with E-state index in [0.717, 1.165) is 62.6 Å². The number of nitrogens with zero attached hydrogens (tertiary/aromatic N) is 3. The molecule has 0 N–H and O–H groups in total. The van der Waals surface area contributed by atoms with Crippen molar-refractivity contribution in [2.24, 2.45) is 0 Å². The van der Waals surface area contributed by atoms with Gasteiger partial charge in [0.25, 0.3) is 0 Å². The second-order valence-electron chi connectivity index (χ2n) is 11.9. The lowest BCUT2D eigenvalue weighted by molar-refractivity contribution is 0.669. The van der Waals surface area contributed by atoms with Crippen LogP contribution >= 0.6 is 0 Å². The van der Waals surface area contributed by atoms with E-state index >= 15 is 0 Å². The van der Waals surface area contributed by atoms with Crippen LogP contribution in [0.2, 0.25) is 0 Å². The number of aromatic nitrogens is 3. The van der Waals surface area contributed by atoms with Gasteiger partial charge in [-0.3, -0.25) is 0 Å². The zero-order chi connectivity index (χ0) is 31.2. The van der Waals surface area contributed by atoms with Crippen LogP contribution in [0.4, 0.5) is 0 Å². The fourth-order valence-corrected chi connectivity index (χ4v) is 6.56. The molecule has 2 heterocycles. The molecule has 0 atom stereocenters. The minimum atomic E-state index is 0.597. The first-order chi connectivity index (χ1) is 23.3. The van der Waals surface area contributed by atoms with Gasteiger partial charge >= 0.3 is 0 Å². The Labute approximate surface area is 272 Å². The smallest absolute Gasteiger partial charge is 0.164 e. The minimum Gasteiger partial charge on any atom is -0.456 e. The predicted molar refractivity (Wildman–Crippen MR) is 193 cm³/mol. The van der Waals surface area contributed by atoms with Crippen molar-refractivity contribution in [1.29, 1.82) is 0 Å². The molecule has 47 heavy (non-hydrogen) atoms. The lowest BCUT2D eigenvalue weighted by Crippen LogP contribution is -2.00. The molecule has 222 valence electrons. The maximum absolute atomic E-state index is 6.48. The zero-order valence-electron chi connectivity index (χ0n) is 25.6. The van der Waals surface area contributed by atoms with Crippen LogP contribution in [0, 0.1) is 0 Å². The molecule has 9 rings (SSSR count). The van der Waals surface area contributed by atoms with Crippen LogP contribution in [-0.4, -0.2) is 15.0 Å². The molecule has 8 aromatic rings. The van der Waals surface area contributed by atoms with Crippen LogP contribution in [0.5, 0.6) is 0 Å². The van der Waals surface area contributed by atoms with Crippen LogP contribution in [0.3, 0.4) is 0 Å². The van der Waals surface area contributed by atoms with E-state index in [2.05, 4.69) is 109 Å². The second-order valence-corrected chi connectivity index (χ2v) is 11.9. The fourth-order valence-electron chi connectivity index (χ4n) is 6.56. The third-order valence-corrected chi connectivity index (χ3v) is 8.94. The third kappa shape index (κ3) is 5.01. The molecule has 0 unspecified atom stereocenters. The van der Waals surface area contributed by atoms with Gasteiger partial charge in [-0.2, -0.15) is 0 Å². The summed E-state index contributed by atoms with van der Waals surface area (Å²) in [5.74, 6) is 1.86. The lowest BCUT2D eigenvalue weighted by atomic mass is 9.95. The van der Waals surface area contributed by atoms with E-state index in [4.69, 9.17) is 19.4 Å². The van der Waals surface area contributed by atoms with E-state index in [1.54, 1.807) is 0 Å². The molecule has 4 heteroatoms. The van der Waals surface area contributed by atoms with Crippen molar-refractivity contribution < 1.29 is 4.42 Å². The highest BCUT2D eigenvalue weighted by Crippen LogP contribution is 2.40. The number of rotatable bonds is 5. The molecule has 0 aliphatic heterocycles. The number of para-hydroxylation sites is 1. The summed E-state index contributed by atoms with van der Waals surface area (Å²) in [5, 5.41) is 4.56. The highest BCUT2D eigenvalue weighted by Gasteiger charge is 2.19. The van der Waals surface area contributed by atoms with Crippen LogP contribution in [0.15, 0.2) is 156 Å². The Hall–Kier alpha value is -6.13. The number of hydrogen-bond acceptors (Lipinski definition) is 4. The Morgan fingerprint density at radius 2 is 1.13 bits per heavy atom. The molecule has 0 saturated heterocycles. The summed E-state index contributed by atoms with van der Waals surface area (Å²) in [6.45, 7) is 0. The van der Waals surface area contributed by atoms with E-state index in [1.165, 1.54) is 21.9 Å². The molecule has 0 saturated carbocycles. The normalized spacial score (nSPS) is 13.0. The summed E-state index contributed by atoms with van der Waals surface area (Å²) in [4.78, 5) is 15.1. The lowest BCUT2D eigenvalue weighted by Gasteiger charge is -2.12. The second kappa shape index (κ2) is 11.3. The fraction of sp³-hybridized carbons (Fsp3) is 0.0465. The Kier molecular flexibility index (Phi) is 6.57. The average Bonchev–Trinajstić information content (AvgIpc) is 3.53. The number of allylic oxidation sites excluding steroid dienone is 4. The molecule has 0 amide bonds. The van der Waals surface area contributed by atoms with Crippen LogP contribution < -0.4 is 0 Å². The average molecular weight is 604 g/mol. The van der Waals surface area contributed by atoms with Crippen LogP contribution in [-0.2, 0) is 0 Å². The molecule has 4 nitrogen and oxygen atoms in total. The van der Waals surface area contributed by atoms with Crippen molar-refractivity contribution in [2.45, 2.75) is 12.8 Å². The van der Waals surface area contributed by atoms with E-state index in [-0.39, 0.29) is 0 Å². The van der Waals surface area contributed by atoms with Gasteiger partial charge in [-0.1, -0.05) is 127 Å². The van der Waals surface area contributed by atoms with Gasteiger partial charge in [-0.25, -0.2) is 15.0 Å². The number of furan rings is 1.